The highest BCUT2D eigenvalue weighted by molar-refractivity contribution is 6.30. The van der Waals surface area contributed by atoms with Gasteiger partial charge in [-0.3, -0.25) is 4.79 Å². The molecule has 0 unspecified atom stereocenters. The van der Waals surface area contributed by atoms with E-state index in [2.05, 4.69) is 5.16 Å². The van der Waals surface area contributed by atoms with Crippen molar-refractivity contribution in [2.45, 2.75) is 50.7 Å². The maximum Gasteiger partial charge on any atom is 0.321 e. The lowest BCUT2D eigenvalue weighted by molar-refractivity contribution is -0.142. The Bertz CT molecular complexity index is 1400. The minimum absolute atomic E-state index is 0.234. The summed E-state index contributed by atoms with van der Waals surface area (Å²) in [5.41, 5.74) is 3.03. The monoisotopic (exact) mass is 553 g/mol. The standard InChI is InChI=1S/C34H32ClNO4/c35-30-18-16-29(17-19-30)34(22-8-3-9-23-34)33(37)40-31-20-14-28(15-21-31)32(38-24-26-10-4-1-5-11-26)36-39-25-27-12-6-2-7-13-27/h1-2,4-7,10-21H,3,8-9,22-25H2/b36-32+. The van der Waals surface area contributed by atoms with Crippen LogP contribution >= 0.6 is 11.6 Å². The lowest BCUT2D eigenvalue weighted by Crippen LogP contribution is -2.41. The lowest BCUT2D eigenvalue weighted by Gasteiger charge is -2.35. The molecule has 4 aromatic carbocycles. The van der Waals surface area contributed by atoms with Gasteiger partial charge in [0, 0.05) is 10.6 Å². The normalized spacial score (nSPS) is 14.8. The van der Waals surface area contributed by atoms with Crippen molar-refractivity contribution in [1.29, 1.82) is 0 Å². The van der Waals surface area contributed by atoms with Gasteiger partial charge in [-0.2, -0.15) is 0 Å². The Morgan fingerprint density at radius 2 is 1.32 bits per heavy atom. The fourth-order valence-corrected chi connectivity index (χ4v) is 5.16. The molecule has 0 bridgehead atoms. The van der Waals surface area contributed by atoms with Crippen molar-refractivity contribution in [3.8, 4) is 5.75 Å². The number of rotatable bonds is 9. The summed E-state index contributed by atoms with van der Waals surface area (Å²) in [5, 5.41) is 4.95. The van der Waals surface area contributed by atoms with Gasteiger partial charge in [0.05, 0.1) is 5.41 Å². The molecule has 0 atom stereocenters. The van der Waals surface area contributed by atoms with Crippen molar-refractivity contribution in [3.05, 3.63) is 136 Å². The Kier molecular flexibility index (Phi) is 9.15. The first-order valence-electron chi connectivity index (χ1n) is 13.6. The fourth-order valence-electron chi connectivity index (χ4n) is 5.03. The molecule has 1 saturated carbocycles. The molecule has 1 aliphatic carbocycles. The Balaban J connectivity index is 1.32. The Morgan fingerprint density at radius 3 is 1.95 bits per heavy atom. The van der Waals surface area contributed by atoms with E-state index in [4.69, 9.17) is 25.9 Å². The molecule has 5 rings (SSSR count). The van der Waals surface area contributed by atoms with E-state index in [9.17, 15) is 4.79 Å². The SMILES string of the molecule is O=C(Oc1ccc(/C(=N\OCc2ccccc2)OCc2ccccc2)cc1)C1(c2ccc(Cl)cc2)CCCCC1. The summed E-state index contributed by atoms with van der Waals surface area (Å²) in [6, 6.07) is 34.5. The molecule has 0 N–H and O–H groups in total. The van der Waals surface area contributed by atoms with Gasteiger partial charge >= 0.3 is 5.97 Å². The van der Waals surface area contributed by atoms with Gasteiger partial charge in [-0.05, 0) is 71.1 Å². The Morgan fingerprint density at radius 1 is 0.725 bits per heavy atom. The van der Waals surface area contributed by atoms with Crippen LogP contribution < -0.4 is 4.74 Å². The zero-order valence-corrected chi connectivity index (χ0v) is 23.1. The largest absolute Gasteiger partial charge is 0.470 e. The number of oxime groups is 1. The predicted octanol–water partition coefficient (Wildman–Crippen LogP) is 8.24. The summed E-state index contributed by atoms with van der Waals surface area (Å²) in [4.78, 5) is 19.2. The third-order valence-electron chi connectivity index (χ3n) is 7.25. The van der Waals surface area contributed by atoms with Gasteiger partial charge in [-0.15, -0.1) is 0 Å². The molecular formula is C34H32ClNO4. The molecule has 5 nitrogen and oxygen atoms in total. The smallest absolute Gasteiger partial charge is 0.321 e. The molecule has 204 valence electrons. The number of benzene rings is 4. The van der Waals surface area contributed by atoms with Crippen LogP contribution in [0.3, 0.4) is 0 Å². The quantitative estimate of drug-likeness (QED) is 0.0688. The average molecular weight is 554 g/mol. The number of carbonyl (C=O) groups is 1. The van der Waals surface area contributed by atoms with Gasteiger partial charge in [0.1, 0.15) is 19.0 Å². The number of halogens is 1. The first-order chi connectivity index (χ1) is 19.6. The van der Waals surface area contributed by atoms with Crippen LogP contribution in [-0.4, -0.2) is 11.9 Å². The molecule has 4 aromatic rings. The summed E-state index contributed by atoms with van der Waals surface area (Å²) in [7, 11) is 0. The summed E-state index contributed by atoms with van der Waals surface area (Å²) < 4.78 is 12.0. The minimum Gasteiger partial charge on any atom is -0.470 e. The number of hydrogen-bond donors (Lipinski definition) is 0. The Hall–Kier alpha value is -4.09. The van der Waals surface area contributed by atoms with Crippen molar-refractivity contribution in [2.24, 2.45) is 5.16 Å². The van der Waals surface area contributed by atoms with E-state index in [1.807, 2.05) is 97.1 Å². The molecule has 0 amide bonds. The Labute approximate surface area is 240 Å². The molecule has 0 heterocycles. The zero-order chi connectivity index (χ0) is 27.6. The second-order valence-electron chi connectivity index (χ2n) is 9.99. The first kappa shape index (κ1) is 27.5. The molecular weight excluding hydrogens is 522 g/mol. The van der Waals surface area contributed by atoms with E-state index in [1.54, 1.807) is 12.1 Å². The van der Waals surface area contributed by atoms with Crippen molar-refractivity contribution >= 4 is 23.5 Å². The number of esters is 1. The molecule has 0 saturated heterocycles. The predicted molar refractivity (Wildman–Crippen MR) is 157 cm³/mol. The van der Waals surface area contributed by atoms with Crippen LogP contribution in [0.1, 0.15) is 54.4 Å². The zero-order valence-electron chi connectivity index (χ0n) is 22.3. The van der Waals surface area contributed by atoms with Crippen LogP contribution in [0.25, 0.3) is 0 Å². The van der Waals surface area contributed by atoms with Crippen LogP contribution in [-0.2, 0) is 33.0 Å². The average Bonchev–Trinajstić information content (AvgIpc) is 3.01. The van der Waals surface area contributed by atoms with Crippen molar-refractivity contribution < 1.29 is 19.1 Å². The molecule has 0 radical (unpaired) electrons. The summed E-state index contributed by atoms with van der Waals surface area (Å²) in [5.74, 6) is 0.588. The van der Waals surface area contributed by atoms with Crippen LogP contribution in [0.2, 0.25) is 5.02 Å². The second kappa shape index (κ2) is 13.3. The third-order valence-corrected chi connectivity index (χ3v) is 7.50. The first-order valence-corrected chi connectivity index (χ1v) is 14.0. The van der Waals surface area contributed by atoms with Crippen molar-refractivity contribution in [2.75, 3.05) is 0 Å². The maximum atomic E-state index is 13.6. The van der Waals surface area contributed by atoms with Crippen LogP contribution in [0, 0.1) is 0 Å². The van der Waals surface area contributed by atoms with E-state index in [0.717, 1.165) is 48.8 Å². The van der Waals surface area contributed by atoms with E-state index in [1.165, 1.54) is 0 Å². The second-order valence-corrected chi connectivity index (χ2v) is 10.4. The summed E-state index contributed by atoms with van der Waals surface area (Å²) >= 11 is 6.12. The van der Waals surface area contributed by atoms with Crippen molar-refractivity contribution in [3.63, 3.8) is 0 Å². The molecule has 0 spiro atoms. The van der Waals surface area contributed by atoms with Crippen molar-refractivity contribution in [1.82, 2.24) is 0 Å². The van der Waals surface area contributed by atoms with Gasteiger partial charge < -0.3 is 14.3 Å². The van der Waals surface area contributed by atoms with Gasteiger partial charge in [-0.25, -0.2) is 0 Å². The molecule has 40 heavy (non-hydrogen) atoms. The van der Waals surface area contributed by atoms with E-state index >= 15 is 0 Å². The van der Waals surface area contributed by atoms with Crippen LogP contribution in [0.4, 0.5) is 0 Å². The molecule has 0 aliphatic heterocycles. The highest BCUT2D eigenvalue weighted by Gasteiger charge is 2.42. The summed E-state index contributed by atoms with van der Waals surface area (Å²) in [6.45, 7) is 0.663. The molecule has 0 aromatic heterocycles. The van der Waals surface area contributed by atoms with E-state index in [-0.39, 0.29) is 5.97 Å². The minimum atomic E-state index is -0.668. The van der Waals surface area contributed by atoms with Gasteiger partial charge in [-0.1, -0.05) is 104 Å². The number of hydrogen-bond acceptors (Lipinski definition) is 5. The lowest BCUT2D eigenvalue weighted by atomic mass is 9.69. The highest BCUT2D eigenvalue weighted by atomic mass is 35.5. The van der Waals surface area contributed by atoms with Crippen LogP contribution in [0.15, 0.2) is 114 Å². The van der Waals surface area contributed by atoms with E-state index < -0.39 is 5.41 Å². The number of nitrogens with zero attached hydrogens (tertiary/aromatic N) is 1. The topological polar surface area (TPSA) is 57.1 Å². The van der Waals surface area contributed by atoms with Gasteiger partial charge in [0.2, 0.25) is 0 Å². The highest BCUT2D eigenvalue weighted by Crippen LogP contribution is 2.41. The van der Waals surface area contributed by atoms with Gasteiger partial charge in [0.15, 0.2) is 0 Å². The number of ether oxygens (including phenoxy) is 2. The number of carbonyl (C=O) groups excluding carboxylic acids is 1. The third kappa shape index (κ3) is 6.91. The molecule has 6 heteroatoms. The molecule has 1 aliphatic rings. The fraction of sp³-hybridized carbons (Fsp3) is 0.235. The maximum absolute atomic E-state index is 13.6. The summed E-state index contributed by atoms with van der Waals surface area (Å²) in [6.07, 6.45) is 4.61. The van der Waals surface area contributed by atoms with Gasteiger partial charge in [0.25, 0.3) is 5.90 Å². The van der Waals surface area contributed by atoms with Crippen LogP contribution in [0.5, 0.6) is 5.75 Å². The van der Waals surface area contributed by atoms with E-state index in [0.29, 0.717) is 35.4 Å². The molecule has 1 fully saturated rings.